The minimum atomic E-state index is -5.81. The third kappa shape index (κ3) is 2.50. The van der Waals surface area contributed by atoms with E-state index in [1.807, 2.05) is 0 Å². The highest BCUT2D eigenvalue weighted by Gasteiger charge is 2.70. The van der Waals surface area contributed by atoms with Crippen LogP contribution in [0.25, 0.3) is 0 Å². The molecule has 0 rings (SSSR count). The Hall–Kier alpha value is -0.500. The lowest BCUT2D eigenvalue weighted by atomic mass is 10.1. The van der Waals surface area contributed by atoms with Crippen molar-refractivity contribution < 1.29 is 36.2 Å². The van der Waals surface area contributed by atoms with Gasteiger partial charge in [0.25, 0.3) is 5.60 Å². The average molecular weight is 226 g/mol. The number of halogens is 6. The van der Waals surface area contributed by atoms with Gasteiger partial charge in [0, 0.05) is 6.61 Å². The largest absolute Gasteiger partial charge is 0.428 e. The van der Waals surface area contributed by atoms with Crippen LogP contribution < -0.4 is 0 Å². The summed E-state index contributed by atoms with van der Waals surface area (Å²) in [4.78, 5) is 0. The van der Waals surface area contributed by atoms with Crippen LogP contribution in [-0.4, -0.2) is 36.3 Å². The van der Waals surface area contributed by atoms with E-state index >= 15 is 0 Å². The minimum absolute atomic E-state index is 0.353. The molecule has 0 saturated carbocycles. The molecule has 1 N–H and O–H groups in total. The molecule has 0 aromatic rings. The molecule has 0 fully saturated rings. The number of hydrogen-bond donors (Lipinski definition) is 1. The van der Waals surface area contributed by atoms with Crippen LogP contribution in [0.5, 0.6) is 0 Å². The summed E-state index contributed by atoms with van der Waals surface area (Å²) in [5.41, 5.74) is -4.80. The summed E-state index contributed by atoms with van der Waals surface area (Å²) in [6.45, 7) is -0.988. The first-order valence-corrected chi connectivity index (χ1v) is 3.50. The lowest BCUT2D eigenvalue weighted by molar-refractivity contribution is -0.377. The summed E-state index contributed by atoms with van der Waals surface area (Å²) in [6.07, 6.45) is -11.6. The fourth-order valence-electron chi connectivity index (χ4n) is 0.574. The summed E-state index contributed by atoms with van der Waals surface area (Å²) in [7, 11) is 0. The molecule has 0 aliphatic carbocycles. The Balaban J connectivity index is 4.87. The second-order valence-corrected chi connectivity index (χ2v) is 2.49. The van der Waals surface area contributed by atoms with Crippen LogP contribution in [0.4, 0.5) is 26.3 Å². The maximum atomic E-state index is 11.9. The van der Waals surface area contributed by atoms with Gasteiger partial charge >= 0.3 is 12.4 Å². The summed E-state index contributed by atoms with van der Waals surface area (Å²) in [5, 5.41) is 8.44. The van der Waals surface area contributed by atoms with Crippen LogP contribution in [0, 0.1) is 0 Å². The Bertz CT molecular complexity index is 170. The van der Waals surface area contributed by atoms with Gasteiger partial charge in [-0.1, -0.05) is 0 Å². The van der Waals surface area contributed by atoms with Crippen molar-refractivity contribution in [2.45, 2.75) is 24.9 Å². The zero-order valence-corrected chi connectivity index (χ0v) is 7.04. The third-order valence-electron chi connectivity index (χ3n) is 1.45. The van der Waals surface area contributed by atoms with E-state index in [1.54, 1.807) is 0 Å². The van der Waals surface area contributed by atoms with Crippen molar-refractivity contribution in [1.29, 1.82) is 0 Å². The molecule has 14 heavy (non-hydrogen) atoms. The Morgan fingerprint density at radius 3 is 1.57 bits per heavy atom. The normalized spacial score (nSPS) is 14.6. The maximum Gasteiger partial charge on any atom is 0.428 e. The summed E-state index contributed by atoms with van der Waals surface area (Å²) in [5.74, 6) is 0. The van der Waals surface area contributed by atoms with Crippen molar-refractivity contribution in [1.82, 2.24) is 0 Å². The molecule has 0 bridgehead atoms. The van der Waals surface area contributed by atoms with Gasteiger partial charge in [-0.2, -0.15) is 26.3 Å². The maximum absolute atomic E-state index is 11.9. The standard InChI is InChI=1S/C6H8F6O2/c1-2-14-3-4(13,5(7,8)9)6(10,11)12/h13H,2-3H2,1H3. The molecule has 0 aromatic carbocycles. The molecule has 86 valence electrons. The predicted octanol–water partition coefficient (Wildman–Crippen LogP) is 1.88. The van der Waals surface area contributed by atoms with Gasteiger partial charge in [0.15, 0.2) is 0 Å². The monoisotopic (exact) mass is 226 g/mol. The molecule has 0 aliphatic heterocycles. The second kappa shape index (κ2) is 3.93. The van der Waals surface area contributed by atoms with E-state index in [2.05, 4.69) is 4.74 Å². The lowest BCUT2D eigenvalue weighted by Crippen LogP contribution is -2.59. The molecule has 0 saturated heterocycles. The van der Waals surface area contributed by atoms with Crippen LogP contribution in [0.3, 0.4) is 0 Å². The van der Waals surface area contributed by atoms with Gasteiger partial charge in [-0.15, -0.1) is 0 Å². The molecule has 0 amide bonds. The van der Waals surface area contributed by atoms with Gasteiger partial charge in [-0.25, -0.2) is 0 Å². The Kier molecular flexibility index (Phi) is 3.79. The fraction of sp³-hybridized carbons (Fsp3) is 1.00. The van der Waals surface area contributed by atoms with E-state index in [0.29, 0.717) is 0 Å². The van der Waals surface area contributed by atoms with Crippen LogP contribution >= 0.6 is 0 Å². The first-order chi connectivity index (χ1) is 6.06. The van der Waals surface area contributed by atoms with E-state index < -0.39 is 24.6 Å². The Labute approximate surface area is 75.5 Å². The highest BCUT2D eigenvalue weighted by atomic mass is 19.4. The molecule has 2 nitrogen and oxygen atoms in total. The summed E-state index contributed by atoms with van der Waals surface area (Å²) >= 11 is 0. The smallest absolute Gasteiger partial charge is 0.378 e. The molecule has 8 heteroatoms. The quantitative estimate of drug-likeness (QED) is 0.744. The highest BCUT2D eigenvalue weighted by Crippen LogP contribution is 2.43. The fourth-order valence-corrected chi connectivity index (χ4v) is 0.574. The van der Waals surface area contributed by atoms with Gasteiger partial charge in [0.05, 0.1) is 6.61 Å². The zero-order valence-electron chi connectivity index (χ0n) is 7.04. The van der Waals surface area contributed by atoms with Crippen molar-refractivity contribution in [3.63, 3.8) is 0 Å². The number of aliphatic hydroxyl groups is 1. The number of rotatable bonds is 3. The van der Waals surface area contributed by atoms with Crippen LogP contribution in [-0.2, 0) is 4.74 Å². The Morgan fingerprint density at radius 1 is 1.00 bits per heavy atom. The molecule has 0 atom stereocenters. The van der Waals surface area contributed by atoms with Crippen LogP contribution in [0.2, 0.25) is 0 Å². The topological polar surface area (TPSA) is 29.5 Å². The van der Waals surface area contributed by atoms with Crippen molar-refractivity contribution in [2.75, 3.05) is 13.2 Å². The van der Waals surface area contributed by atoms with Gasteiger partial charge in [-0.3, -0.25) is 0 Å². The zero-order chi connectivity index (χ0) is 11.6. The molecule has 0 aromatic heterocycles. The lowest BCUT2D eigenvalue weighted by Gasteiger charge is -2.31. The summed E-state index contributed by atoms with van der Waals surface area (Å²) < 4.78 is 75.2. The first kappa shape index (κ1) is 13.5. The predicted molar refractivity (Wildman–Crippen MR) is 33.6 cm³/mol. The SMILES string of the molecule is CCOCC(O)(C(F)(F)F)C(F)(F)F. The molecule has 0 heterocycles. The van der Waals surface area contributed by atoms with Crippen molar-refractivity contribution >= 4 is 0 Å². The van der Waals surface area contributed by atoms with E-state index in [9.17, 15) is 26.3 Å². The van der Waals surface area contributed by atoms with Crippen LogP contribution in [0.15, 0.2) is 0 Å². The van der Waals surface area contributed by atoms with E-state index in [-0.39, 0.29) is 6.61 Å². The summed E-state index contributed by atoms with van der Waals surface area (Å²) in [6, 6.07) is 0. The van der Waals surface area contributed by atoms with Gasteiger partial charge in [0.1, 0.15) is 0 Å². The molecular weight excluding hydrogens is 218 g/mol. The van der Waals surface area contributed by atoms with Gasteiger partial charge in [0.2, 0.25) is 0 Å². The second-order valence-electron chi connectivity index (χ2n) is 2.49. The number of alkyl halides is 6. The molecule has 0 radical (unpaired) electrons. The van der Waals surface area contributed by atoms with Gasteiger partial charge in [-0.05, 0) is 6.92 Å². The number of hydrogen-bond acceptors (Lipinski definition) is 2. The van der Waals surface area contributed by atoms with Gasteiger partial charge < -0.3 is 9.84 Å². The molecule has 0 unspecified atom stereocenters. The van der Waals surface area contributed by atoms with Crippen molar-refractivity contribution in [3.05, 3.63) is 0 Å². The first-order valence-electron chi connectivity index (χ1n) is 3.50. The average Bonchev–Trinajstić information content (AvgIpc) is 1.95. The Morgan fingerprint density at radius 2 is 1.36 bits per heavy atom. The number of ether oxygens (including phenoxy) is 1. The van der Waals surface area contributed by atoms with E-state index in [4.69, 9.17) is 5.11 Å². The third-order valence-corrected chi connectivity index (χ3v) is 1.45. The highest BCUT2D eigenvalue weighted by molar-refractivity contribution is 4.93. The van der Waals surface area contributed by atoms with Crippen molar-refractivity contribution in [3.8, 4) is 0 Å². The molecule has 0 aliphatic rings. The van der Waals surface area contributed by atoms with E-state index in [0.717, 1.165) is 0 Å². The van der Waals surface area contributed by atoms with E-state index in [1.165, 1.54) is 6.92 Å². The van der Waals surface area contributed by atoms with Crippen molar-refractivity contribution in [2.24, 2.45) is 0 Å². The molecule has 0 spiro atoms. The minimum Gasteiger partial charge on any atom is -0.378 e. The van der Waals surface area contributed by atoms with Crippen LogP contribution in [0.1, 0.15) is 6.92 Å². The molecular formula is C6H8F6O2.